The van der Waals surface area contributed by atoms with Crippen molar-refractivity contribution in [1.29, 1.82) is 5.26 Å². The van der Waals surface area contributed by atoms with Gasteiger partial charge >= 0.3 is 6.03 Å². The number of rotatable bonds is 4. The fourth-order valence-corrected chi connectivity index (χ4v) is 4.28. The maximum atomic E-state index is 13.0. The molecule has 3 amide bonds. The van der Waals surface area contributed by atoms with Crippen molar-refractivity contribution >= 4 is 23.4 Å². The summed E-state index contributed by atoms with van der Waals surface area (Å²) in [6.07, 6.45) is 0. The molecule has 2 heterocycles. The summed E-state index contributed by atoms with van der Waals surface area (Å²) in [4.78, 5) is 25.1. The molecule has 3 N–H and O–H groups in total. The van der Waals surface area contributed by atoms with E-state index in [1.807, 2.05) is 48.5 Å². The van der Waals surface area contributed by atoms with E-state index in [0.29, 0.717) is 29.2 Å². The van der Waals surface area contributed by atoms with E-state index >= 15 is 0 Å². The first-order valence-electron chi connectivity index (χ1n) is 11.9. The van der Waals surface area contributed by atoms with Crippen LogP contribution < -0.4 is 16.0 Å². The van der Waals surface area contributed by atoms with E-state index in [4.69, 9.17) is 10.4 Å². The fraction of sp³-hybridized carbons (Fsp3) is 0.172. The molecule has 0 radical (unpaired) electrons. The maximum absolute atomic E-state index is 13.0. The topological polar surface area (TPSA) is 112 Å². The Bertz CT molecular complexity index is 1550. The molecule has 0 atom stereocenters. The molecule has 0 bridgehead atoms. The molecule has 1 aliphatic rings. The van der Waals surface area contributed by atoms with Crippen molar-refractivity contribution in [2.75, 3.05) is 10.6 Å². The van der Waals surface area contributed by atoms with Gasteiger partial charge in [-0.25, -0.2) is 9.48 Å². The quantitative estimate of drug-likeness (QED) is 0.346. The highest BCUT2D eigenvalue weighted by atomic mass is 16.2. The molecule has 37 heavy (non-hydrogen) atoms. The number of urea groups is 1. The number of carbonyl (C=O) groups excluding carboxylic acids is 2. The van der Waals surface area contributed by atoms with Crippen molar-refractivity contribution in [1.82, 2.24) is 15.1 Å². The van der Waals surface area contributed by atoms with Crippen LogP contribution in [0.3, 0.4) is 0 Å². The number of amides is 3. The zero-order chi connectivity index (χ0) is 26.2. The van der Waals surface area contributed by atoms with Gasteiger partial charge in [0, 0.05) is 29.3 Å². The largest absolute Gasteiger partial charge is 0.348 e. The van der Waals surface area contributed by atoms with Crippen LogP contribution in [0.4, 0.5) is 16.3 Å². The predicted octanol–water partition coefficient (Wildman–Crippen LogP) is 5.60. The van der Waals surface area contributed by atoms with Crippen LogP contribution >= 0.6 is 0 Å². The van der Waals surface area contributed by atoms with Crippen LogP contribution in [0, 0.1) is 11.3 Å². The highest BCUT2D eigenvalue weighted by molar-refractivity contribution is 6.01. The number of hydrogen-bond acceptors (Lipinski definition) is 4. The predicted molar refractivity (Wildman–Crippen MR) is 143 cm³/mol. The Labute approximate surface area is 214 Å². The second-order valence-electron chi connectivity index (χ2n) is 9.91. The molecule has 0 unspecified atom stereocenters. The molecular weight excluding hydrogens is 464 g/mol. The first-order valence-corrected chi connectivity index (χ1v) is 11.9. The van der Waals surface area contributed by atoms with Crippen molar-refractivity contribution in [3.8, 4) is 22.9 Å². The Hall–Kier alpha value is -4.90. The van der Waals surface area contributed by atoms with E-state index in [9.17, 15) is 9.59 Å². The minimum Gasteiger partial charge on any atom is -0.348 e. The van der Waals surface area contributed by atoms with Crippen molar-refractivity contribution < 1.29 is 9.59 Å². The van der Waals surface area contributed by atoms with Crippen LogP contribution in [0.2, 0.25) is 0 Å². The van der Waals surface area contributed by atoms with Gasteiger partial charge in [0.1, 0.15) is 5.82 Å². The standard InChI is InChI=1S/C29H26N6O2/c1-29(2,3)25-15-26(35(34-25)21-12-10-18(16-30)11-13-21)33-28(37)32-20-7-4-6-19(14-20)22-8-5-9-23-24(22)17-31-27(23)36/h4-15H,17H2,1-3H3,(H,31,36)(H2,32,33,37). The van der Waals surface area contributed by atoms with Crippen molar-refractivity contribution in [2.24, 2.45) is 0 Å². The lowest BCUT2D eigenvalue weighted by Crippen LogP contribution is -2.21. The van der Waals surface area contributed by atoms with Gasteiger partial charge in [-0.2, -0.15) is 10.4 Å². The van der Waals surface area contributed by atoms with Crippen LogP contribution in [-0.2, 0) is 12.0 Å². The SMILES string of the molecule is CC(C)(C)c1cc(NC(=O)Nc2cccc(-c3cccc4c3CNC4=O)c2)n(-c2ccc(C#N)cc2)n1. The molecule has 8 nitrogen and oxygen atoms in total. The molecule has 0 spiro atoms. The summed E-state index contributed by atoms with van der Waals surface area (Å²) >= 11 is 0. The summed E-state index contributed by atoms with van der Waals surface area (Å²) in [5.74, 6) is 0.438. The lowest BCUT2D eigenvalue weighted by atomic mass is 9.92. The molecule has 3 aromatic carbocycles. The summed E-state index contributed by atoms with van der Waals surface area (Å²) in [6.45, 7) is 6.64. The Morgan fingerprint density at radius 3 is 2.46 bits per heavy atom. The van der Waals surface area contributed by atoms with Crippen LogP contribution in [0.25, 0.3) is 16.8 Å². The molecule has 1 aromatic heterocycles. The van der Waals surface area contributed by atoms with Gasteiger partial charge in [-0.3, -0.25) is 10.1 Å². The van der Waals surface area contributed by atoms with Gasteiger partial charge < -0.3 is 10.6 Å². The number of nitrogens with zero attached hydrogens (tertiary/aromatic N) is 3. The third-order valence-electron chi connectivity index (χ3n) is 6.24. The van der Waals surface area contributed by atoms with E-state index in [1.54, 1.807) is 28.9 Å². The zero-order valence-electron chi connectivity index (χ0n) is 20.8. The number of nitriles is 1. The van der Waals surface area contributed by atoms with Gasteiger partial charge in [0.15, 0.2) is 0 Å². The van der Waals surface area contributed by atoms with Crippen molar-refractivity contribution in [2.45, 2.75) is 32.7 Å². The smallest absolute Gasteiger partial charge is 0.324 e. The second-order valence-corrected chi connectivity index (χ2v) is 9.91. The van der Waals surface area contributed by atoms with Gasteiger partial charge in [-0.1, -0.05) is 45.0 Å². The highest BCUT2D eigenvalue weighted by Crippen LogP contribution is 2.31. The van der Waals surface area contributed by atoms with Gasteiger partial charge in [0.2, 0.25) is 0 Å². The average molecular weight is 491 g/mol. The number of aromatic nitrogens is 2. The van der Waals surface area contributed by atoms with E-state index in [-0.39, 0.29) is 11.3 Å². The number of carbonyl (C=O) groups is 2. The van der Waals surface area contributed by atoms with Crippen molar-refractivity contribution in [3.63, 3.8) is 0 Å². The van der Waals surface area contributed by atoms with Gasteiger partial charge in [0.05, 0.1) is 23.0 Å². The van der Waals surface area contributed by atoms with E-state index in [2.05, 4.69) is 42.8 Å². The zero-order valence-corrected chi connectivity index (χ0v) is 20.8. The Balaban J connectivity index is 1.40. The van der Waals surface area contributed by atoms with Crippen molar-refractivity contribution in [3.05, 3.63) is 95.2 Å². The number of fused-ring (bicyclic) bond motifs is 1. The summed E-state index contributed by atoms with van der Waals surface area (Å²) in [6, 6.07) is 23.7. The van der Waals surface area contributed by atoms with E-state index in [1.165, 1.54) is 0 Å². The first kappa shape index (κ1) is 23.8. The van der Waals surface area contributed by atoms with E-state index in [0.717, 1.165) is 28.1 Å². The second kappa shape index (κ2) is 9.28. The first-order chi connectivity index (χ1) is 17.7. The van der Waals surface area contributed by atoms with Crippen LogP contribution in [0.1, 0.15) is 48.0 Å². The van der Waals surface area contributed by atoms with E-state index < -0.39 is 6.03 Å². The highest BCUT2D eigenvalue weighted by Gasteiger charge is 2.23. The van der Waals surface area contributed by atoms with Crippen LogP contribution in [-0.4, -0.2) is 21.7 Å². The Morgan fingerprint density at radius 2 is 1.73 bits per heavy atom. The third-order valence-corrected chi connectivity index (χ3v) is 6.24. The molecule has 5 rings (SSSR count). The number of benzene rings is 3. The molecule has 0 saturated carbocycles. The third kappa shape index (κ3) is 4.80. The normalized spacial score (nSPS) is 12.4. The van der Waals surface area contributed by atoms with Crippen LogP contribution in [0.15, 0.2) is 72.8 Å². The number of anilines is 2. The maximum Gasteiger partial charge on any atom is 0.324 e. The minimum absolute atomic E-state index is 0.0704. The molecule has 0 aliphatic carbocycles. The molecular formula is C29H26N6O2. The lowest BCUT2D eigenvalue weighted by molar-refractivity contribution is 0.0965. The molecule has 8 heteroatoms. The molecule has 0 saturated heterocycles. The summed E-state index contributed by atoms with van der Waals surface area (Å²) < 4.78 is 1.66. The minimum atomic E-state index is -0.414. The average Bonchev–Trinajstić information content (AvgIpc) is 3.48. The Morgan fingerprint density at radius 1 is 1.00 bits per heavy atom. The Kier molecular flexibility index (Phi) is 5.98. The molecule has 184 valence electrons. The molecule has 0 fully saturated rings. The van der Waals surface area contributed by atoms with Crippen LogP contribution in [0.5, 0.6) is 0 Å². The van der Waals surface area contributed by atoms with Gasteiger partial charge in [-0.05, 0) is 59.2 Å². The molecule has 1 aliphatic heterocycles. The monoisotopic (exact) mass is 490 g/mol. The fourth-order valence-electron chi connectivity index (χ4n) is 4.28. The molecule has 4 aromatic rings. The summed E-state index contributed by atoms with van der Waals surface area (Å²) in [5.41, 5.74) is 5.97. The van der Waals surface area contributed by atoms with Gasteiger partial charge in [0.25, 0.3) is 5.91 Å². The summed E-state index contributed by atoms with van der Waals surface area (Å²) in [7, 11) is 0. The number of hydrogen-bond donors (Lipinski definition) is 3. The number of nitrogens with one attached hydrogen (secondary N) is 3. The summed E-state index contributed by atoms with van der Waals surface area (Å²) in [5, 5.41) is 22.5. The van der Waals surface area contributed by atoms with Gasteiger partial charge in [-0.15, -0.1) is 0 Å². The lowest BCUT2D eigenvalue weighted by Gasteiger charge is -2.14.